The van der Waals surface area contributed by atoms with Gasteiger partial charge in [0.25, 0.3) is 0 Å². The van der Waals surface area contributed by atoms with Gasteiger partial charge in [-0.2, -0.15) is 0 Å². The average Bonchev–Trinajstić information content (AvgIpc) is 2.30. The zero-order valence-electron chi connectivity index (χ0n) is 8.50. The van der Waals surface area contributed by atoms with Crippen molar-refractivity contribution in [1.82, 2.24) is 10.6 Å². The first kappa shape index (κ1) is 10.4. The fourth-order valence-electron chi connectivity index (χ4n) is 1.56. The fraction of sp³-hybridized carbons (Fsp3) is 0.455. The van der Waals surface area contributed by atoms with Crippen LogP contribution in [-0.2, 0) is 0 Å². The number of benzene rings is 1. The van der Waals surface area contributed by atoms with Crippen LogP contribution in [0, 0.1) is 5.82 Å². The molecule has 1 aromatic rings. The lowest BCUT2D eigenvalue weighted by Crippen LogP contribution is -2.50. The van der Waals surface area contributed by atoms with E-state index in [4.69, 9.17) is 4.74 Å². The van der Waals surface area contributed by atoms with E-state index in [1.165, 1.54) is 12.1 Å². The molecule has 2 rings (SSSR count). The first-order valence-corrected chi connectivity index (χ1v) is 5.17. The Bertz CT molecular complexity index is 296. The molecule has 1 saturated heterocycles. The van der Waals surface area contributed by atoms with E-state index in [-0.39, 0.29) is 5.82 Å². The molecule has 2 N–H and O–H groups in total. The summed E-state index contributed by atoms with van der Waals surface area (Å²) in [7, 11) is 0. The minimum atomic E-state index is -0.236. The van der Waals surface area contributed by atoms with Crippen LogP contribution in [0.15, 0.2) is 24.3 Å². The lowest BCUT2D eigenvalue weighted by atomic mass is 10.2. The van der Waals surface area contributed by atoms with E-state index in [1.54, 1.807) is 12.1 Å². The maximum absolute atomic E-state index is 12.6. The standard InChI is InChI=1S/C11H15FN2O/c12-9-1-3-11(4-2-9)15-8-10-7-13-5-6-14-10/h1-4,10,13-14H,5-8H2/t10-/m0/s1. The van der Waals surface area contributed by atoms with Crippen LogP contribution in [-0.4, -0.2) is 32.3 Å². The highest BCUT2D eigenvalue weighted by Gasteiger charge is 2.12. The number of piperazine rings is 1. The average molecular weight is 210 g/mol. The largest absolute Gasteiger partial charge is 0.492 e. The van der Waals surface area contributed by atoms with Crippen LogP contribution in [0.1, 0.15) is 0 Å². The Hall–Kier alpha value is -1.13. The third kappa shape index (κ3) is 3.18. The SMILES string of the molecule is Fc1ccc(OC[C@@H]2CNCCN2)cc1. The van der Waals surface area contributed by atoms with Gasteiger partial charge in [-0.1, -0.05) is 0 Å². The Morgan fingerprint density at radius 3 is 2.73 bits per heavy atom. The van der Waals surface area contributed by atoms with Crippen molar-refractivity contribution >= 4 is 0 Å². The van der Waals surface area contributed by atoms with Gasteiger partial charge in [0, 0.05) is 19.6 Å². The molecule has 1 aromatic carbocycles. The molecule has 15 heavy (non-hydrogen) atoms. The second-order valence-corrected chi connectivity index (χ2v) is 3.62. The van der Waals surface area contributed by atoms with E-state index >= 15 is 0 Å². The summed E-state index contributed by atoms with van der Waals surface area (Å²) in [5, 5.41) is 6.62. The Kier molecular flexibility index (Phi) is 3.53. The van der Waals surface area contributed by atoms with Crippen LogP contribution in [0.4, 0.5) is 4.39 Å². The smallest absolute Gasteiger partial charge is 0.123 e. The van der Waals surface area contributed by atoms with Gasteiger partial charge in [-0.15, -0.1) is 0 Å². The van der Waals surface area contributed by atoms with Gasteiger partial charge in [0.2, 0.25) is 0 Å². The molecule has 1 fully saturated rings. The van der Waals surface area contributed by atoms with Crippen molar-refractivity contribution in [3.8, 4) is 5.75 Å². The Labute approximate surface area is 88.6 Å². The van der Waals surface area contributed by atoms with Gasteiger partial charge >= 0.3 is 0 Å². The van der Waals surface area contributed by atoms with Crippen LogP contribution in [0.25, 0.3) is 0 Å². The van der Waals surface area contributed by atoms with Crippen molar-refractivity contribution < 1.29 is 9.13 Å². The number of ether oxygens (including phenoxy) is 1. The van der Waals surface area contributed by atoms with Crippen molar-refractivity contribution in [3.63, 3.8) is 0 Å². The maximum Gasteiger partial charge on any atom is 0.123 e. The van der Waals surface area contributed by atoms with Gasteiger partial charge in [0.15, 0.2) is 0 Å². The van der Waals surface area contributed by atoms with Crippen LogP contribution >= 0.6 is 0 Å². The molecule has 0 radical (unpaired) electrons. The van der Waals surface area contributed by atoms with Crippen molar-refractivity contribution in [1.29, 1.82) is 0 Å². The molecule has 82 valence electrons. The second-order valence-electron chi connectivity index (χ2n) is 3.62. The third-order valence-electron chi connectivity index (χ3n) is 2.39. The van der Waals surface area contributed by atoms with Gasteiger partial charge < -0.3 is 15.4 Å². The summed E-state index contributed by atoms with van der Waals surface area (Å²) in [4.78, 5) is 0. The number of hydrogen-bond donors (Lipinski definition) is 2. The van der Waals surface area contributed by atoms with Crippen LogP contribution in [0.3, 0.4) is 0 Å². The molecule has 1 heterocycles. The van der Waals surface area contributed by atoms with Gasteiger partial charge in [0.1, 0.15) is 18.2 Å². The predicted molar refractivity (Wildman–Crippen MR) is 56.6 cm³/mol. The molecular formula is C11H15FN2O. The molecule has 1 aliphatic heterocycles. The zero-order chi connectivity index (χ0) is 10.5. The first-order valence-electron chi connectivity index (χ1n) is 5.17. The monoisotopic (exact) mass is 210 g/mol. The summed E-state index contributed by atoms with van der Waals surface area (Å²) in [6.07, 6.45) is 0. The van der Waals surface area contributed by atoms with E-state index in [2.05, 4.69) is 10.6 Å². The normalized spacial score (nSPS) is 21.3. The molecule has 0 aliphatic carbocycles. The number of nitrogens with one attached hydrogen (secondary N) is 2. The quantitative estimate of drug-likeness (QED) is 0.773. The van der Waals surface area contributed by atoms with E-state index in [1.807, 2.05) is 0 Å². The van der Waals surface area contributed by atoms with Crippen molar-refractivity contribution in [2.75, 3.05) is 26.2 Å². The highest BCUT2D eigenvalue weighted by atomic mass is 19.1. The van der Waals surface area contributed by atoms with E-state index in [0.29, 0.717) is 18.4 Å². The van der Waals surface area contributed by atoms with E-state index in [0.717, 1.165) is 19.6 Å². The minimum absolute atomic E-state index is 0.236. The molecule has 0 saturated carbocycles. The molecule has 1 aliphatic rings. The maximum atomic E-state index is 12.6. The van der Waals surface area contributed by atoms with Crippen LogP contribution in [0.2, 0.25) is 0 Å². The molecule has 0 aromatic heterocycles. The molecule has 0 bridgehead atoms. The zero-order valence-corrected chi connectivity index (χ0v) is 8.50. The number of hydrogen-bond acceptors (Lipinski definition) is 3. The number of rotatable bonds is 3. The molecule has 1 atom stereocenters. The molecular weight excluding hydrogens is 195 g/mol. The summed E-state index contributed by atoms with van der Waals surface area (Å²) in [6.45, 7) is 3.50. The third-order valence-corrected chi connectivity index (χ3v) is 2.39. The van der Waals surface area contributed by atoms with Crippen LogP contribution in [0.5, 0.6) is 5.75 Å². The van der Waals surface area contributed by atoms with Gasteiger partial charge in [-0.25, -0.2) is 4.39 Å². The van der Waals surface area contributed by atoms with Crippen molar-refractivity contribution in [2.24, 2.45) is 0 Å². The van der Waals surface area contributed by atoms with E-state index < -0.39 is 0 Å². The van der Waals surface area contributed by atoms with Crippen LogP contribution < -0.4 is 15.4 Å². The molecule has 3 nitrogen and oxygen atoms in total. The van der Waals surface area contributed by atoms with Gasteiger partial charge in [-0.05, 0) is 24.3 Å². The Morgan fingerprint density at radius 1 is 1.27 bits per heavy atom. The molecule has 0 amide bonds. The van der Waals surface area contributed by atoms with Gasteiger partial charge in [-0.3, -0.25) is 0 Å². The fourth-order valence-corrected chi connectivity index (χ4v) is 1.56. The predicted octanol–water partition coefficient (Wildman–Crippen LogP) is 0.766. The second kappa shape index (κ2) is 5.09. The lowest BCUT2D eigenvalue weighted by Gasteiger charge is -2.24. The Morgan fingerprint density at radius 2 is 2.07 bits per heavy atom. The summed E-state index contributed by atoms with van der Waals surface area (Å²) in [6, 6.07) is 6.44. The summed E-state index contributed by atoms with van der Waals surface area (Å²) < 4.78 is 18.1. The molecule has 4 heteroatoms. The summed E-state index contributed by atoms with van der Waals surface area (Å²) in [5.74, 6) is 0.476. The first-order chi connectivity index (χ1) is 7.34. The molecule has 0 unspecified atom stereocenters. The van der Waals surface area contributed by atoms with Crippen molar-refractivity contribution in [3.05, 3.63) is 30.1 Å². The minimum Gasteiger partial charge on any atom is -0.492 e. The topological polar surface area (TPSA) is 33.3 Å². The summed E-state index contributed by atoms with van der Waals surface area (Å²) in [5.41, 5.74) is 0. The number of halogens is 1. The highest BCUT2D eigenvalue weighted by molar-refractivity contribution is 5.22. The molecule has 0 spiro atoms. The summed E-state index contributed by atoms with van der Waals surface area (Å²) >= 11 is 0. The highest BCUT2D eigenvalue weighted by Crippen LogP contribution is 2.11. The van der Waals surface area contributed by atoms with Gasteiger partial charge in [0.05, 0.1) is 6.04 Å². The van der Waals surface area contributed by atoms with Crippen molar-refractivity contribution in [2.45, 2.75) is 6.04 Å². The van der Waals surface area contributed by atoms with E-state index in [9.17, 15) is 4.39 Å². The lowest BCUT2D eigenvalue weighted by molar-refractivity contribution is 0.247. The Balaban J connectivity index is 1.79.